The second-order valence-corrected chi connectivity index (χ2v) is 9.06. The van der Waals surface area contributed by atoms with Gasteiger partial charge in [0.25, 0.3) is 0 Å². The van der Waals surface area contributed by atoms with Gasteiger partial charge in [-0.1, -0.05) is 23.7 Å². The number of fused-ring (bicyclic) bond motifs is 2. The molecule has 0 fully saturated rings. The van der Waals surface area contributed by atoms with Gasteiger partial charge in [-0.3, -0.25) is 9.59 Å². The third-order valence-electron chi connectivity index (χ3n) is 5.50. The number of carboxylic acid groups (broad SMARTS) is 1. The highest BCUT2D eigenvalue weighted by molar-refractivity contribution is 7.17. The highest BCUT2D eigenvalue weighted by Crippen LogP contribution is 2.31. The largest absolute Gasteiger partial charge is 0.481 e. The number of thiophene rings is 1. The second-order valence-electron chi connectivity index (χ2n) is 7.72. The monoisotopic (exact) mass is 494 g/mol. The first-order valence-electron chi connectivity index (χ1n) is 10.2. The third-order valence-corrected chi connectivity index (χ3v) is 6.75. The Morgan fingerprint density at radius 3 is 2.71 bits per heavy atom. The molecule has 0 radical (unpaired) electrons. The summed E-state index contributed by atoms with van der Waals surface area (Å²) in [4.78, 5) is 28.7. The van der Waals surface area contributed by atoms with Crippen LogP contribution in [0.15, 0.2) is 70.8 Å². The fraction of sp³-hybridized carbons (Fsp3) is 0.0800. The van der Waals surface area contributed by atoms with E-state index >= 15 is 0 Å². The predicted molar refractivity (Wildman–Crippen MR) is 129 cm³/mol. The Bertz CT molecular complexity index is 1560. The molecule has 2 heterocycles. The normalized spacial score (nSPS) is 12.2. The van der Waals surface area contributed by atoms with Crippen LogP contribution in [0, 0.1) is 5.82 Å². The van der Waals surface area contributed by atoms with Crippen LogP contribution in [0.1, 0.15) is 22.6 Å². The lowest BCUT2D eigenvalue weighted by Gasteiger charge is -2.15. The molecule has 0 aliphatic rings. The predicted octanol–water partition coefficient (Wildman–Crippen LogP) is 6.23. The van der Waals surface area contributed by atoms with Crippen LogP contribution in [0.3, 0.4) is 0 Å². The molecule has 3 aromatic carbocycles. The maximum atomic E-state index is 14.9. The van der Waals surface area contributed by atoms with Gasteiger partial charge in [0.05, 0.1) is 12.1 Å². The number of carbonyl (C=O) groups excluding carboxylic acids is 1. The van der Waals surface area contributed by atoms with E-state index in [1.165, 1.54) is 29.9 Å². The number of benzene rings is 3. The van der Waals surface area contributed by atoms with Gasteiger partial charge in [-0.05, 0) is 69.9 Å². The number of nitrogens with one attached hydrogen (secondary N) is 1. The Balaban J connectivity index is 1.37. The standard InChI is InChI=1S/C25H16ClFN2O4S/c26-16-3-6-22-17(10-16)15(11-34-22)9-23(30)29-19-4-1-13(7-18(19)27)24(25(31)32)14-2-5-21-20(8-14)28-12-33-21/h1-8,10-12,24H,9H2,(H,29,30)(H,31,32). The SMILES string of the molecule is O=C(Cc1csc2ccc(Cl)cc12)Nc1ccc(C(C(=O)O)c2ccc3ocnc3c2)cc1F. The van der Waals surface area contributed by atoms with Gasteiger partial charge in [-0.25, -0.2) is 9.37 Å². The zero-order chi connectivity index (χ0) is 23.8. The van der Waals surface area contributed by atoms with Gasteiger partial charge in [-0.2, -0.15) is 0 Å². The number of aliphatic carboxylic acids is 1. The summed E-state index contributed by atoms with van der Waals surface area (Å²) in [5.74, 6) is -3.36. The number of nitrogens with zero attached hydrogens (tertiary/aromatic N) is 1. The van der Waals surface area contributed by atoms with Gasteiger partial charge in [0.2, 0.25) is 5.91 Å². The van der Waals surface area contributed by atoms with Gasteiger partial charge >= 0.3 is 5.97 Å². The van der Waals surface area contributed by atoms with E-state index in [4.69, 9.17) is 16.0 Å². The lowest BCUT2D eigenvalue weighted by molar-refractivity contribution is -0.137. The Kier molecular flexibility index (Phi) is 5.77. The molecule has 0 saturated heterocycles. The van der Waals surface area contributed by atoms with Gasteiger partial charge in [0.1, 0.15) is 17.3 Å². The van der Waals surface area contributed by atoms with E-state index in [1.807, 2.05) is 11.4 Å². The van der Waals surface area contributed by atoms with Gasteiger partial charge in [0, 0.05) is 9.72 Å². The molecular weight excluding hydrogens is 479 g/mol. The van der Waals surface area contributed by atoms with Gasteiger partial charge < -0.3 is 14.8 Å². The molecule has 5 aromatic rings. The molecule has 2 aromatic heterocycles. The van der Waals surface area contributed by atoms with Crippen molar-refractivity contribution in [3.05, 3.63) is 93.9 Å². The average Bonchev–Trinajstić information content (AvgIpc) is 3.42. The molecule has 2 N–H and O–H groups in total. The molecule has 1 unspecified atom stereocenters. The average molecular weight is 495 g/mol. The van der Waals surface area contributed by atoms with E-state index in [0.717, 1.165) is 21.7 Å². The molecule has 5 rings (SSSR count). The van der Waals surface area contributed by atoms with E-state index in [9.17, 15) is 19.1 Å². The van der Waals surface area contributed by atoms with E-state index in [-0.39, 0.29) is 17.7 Å². The van der Waals surface area contributed by atoms with Crippen molar-refractivity contribution in [2.24, 2.45) is 0 Å². The third kappa shape index (κ3) is 4.25. The molecule has 0 spiro atoms. The summed E-state index contributed by atoms with van der Waals surface area (Å²) < 4.78 is 21.1. The Labute approximate surface area is 201 Å². The Hall–Kier alpha value is -3.75. The first kappa shape index (κ1) is 22.1. The van der Waals surface area contributed by atoms with Gasteiger partial charge in [0.15, 0.2) is 12.0 Å². The lowest BCUT2D eigenvalue weighted by atomic mass is 9.91. The summed E-state index contributed by atoms with van der Waals surface area (Å²) in [5.41, 5.74) is 2.49. The van der Waals surface area contributed by atoms with Crippen molar-refractivity contribution < 1.29 is 23.5 Å². The molecule has 0 aliphatic carbocycles. The first-order valence-corrected chi connectivity index (χ1v) is 11.5. The number of hydrogen-bond acceptors (Lipinski definition) is 5. The van der Waals surface area contributed by atoms with Crippen LogP contribution in [0.2, 0.25) is 5.02 Å². The minimum atomic E-state index is -1.14. The fourth-order valence-corrected chi connectivity index (χ4v) is 5.02. The number of halogens is 2. The number of anilines is 1. The molecule has 9 heteroatoms. The summed E-state index contributed by atoms with van der Waals surface area (Å²) in [6.45, 7) is 0. The number of rotatable bonds is 6. The summed E-state index contributed by atoms with van der Waals surface area (Å²) >= 11 is 7.57. The number of oxazole rings is 1. The maximum absolute atomic E-state index is 14.9. The molecule has 170 valence electrons. The van der Waals surface area contributed by atoms with Crippen LogP contribution in [-0.4, -0.2) is 22.0 Å². The maximum Gasteiger partial charge on any atom is 0.315 e. The smallest absolute Gasteiger partial charge is 0.315 e. The number of aromatic nitrogens is 1. The highest BCUT2D eigenvalue weighted by atomic mass is 35.5. The zero-order valence-corrected chi connectivity index (χ0v) is 19.0. The minimum absolute atomic E-state index is 0.0255. The topological polar surface area (TPSA) is 92.4 Å². The molecule has 0 saturated carbocycles. The number of carbonyl (C=O) groups is 2. The van der Waals surface area contributed by atoms with Crippen LogP contribution >= 0.6 is 22.9 Å². The molecule has 1 amide bonds. The van der Waals surface area contributed by atoms with Crippen LogP contribution in [0.4, 0.5) is 10.1 Å². The van der Waals surface area contributed by atoms with Crippen molar-refractivity contribution in [1.82, 2.24) is 4.98 Å². The van der Waals surface area contributed by atoms with Crippen molar-refractivity contribution >= 4 is 61.7 Å². The van der Waals surface area contributed by atoms with Crippen molar-refractivity contribution in [3.63, 3.8) is 0 Å². The van der Waals surface area contributed by atoms with Crippen molar-refractivity contribution in [1.29, 1.82) is 0 Å². The molecule has 34 heavy (non-hydrogen) atoms. The Morgan fingerprint density at radius 1 is 1.12 bits per heavy atom. The number of carboxylic acids is 1. The quantitative estimate of drug-likeness (QED) is 0.292. The first-order chi connectivity index (χ1) is 16.4. The number of amides is 1. The lowest BCUT2D eigenvalue weighted by Crippen LogP contribution is -2.16. The van der Waals surface area contributed by atoms with E-state index < -0.39 is 23.6 Å². The second kappa shape index (κ2) is 8.89. The molecule has 0 aliphatic heterocycles. The van der Waals surface area contributed by atoms with Crippen LogP contribution in [0.25, 0.3) is 21.2 Å². The van der Waals surface area contributed by atoms with Crippen LogP contribution < -0.4 is 5.32 Å². The van der Waals surface area contributed by atoms with E-state index in [0.29, 0.717) is 21.7 Å². The van der Waals surface area contributed by atoms with Gasteiger partial charge in [-0.15, -0.1) is 11.3 Å². The molecular formula is C25H16ClFN2O4S. The summed E-state index contributed by atoms with van der Waals surface area (Å²) in [7, 11) is 0. The summed E-state index contributed by atoms with van der Waals surface area (Å²) in [6, 6.07) is 14.3. The molecule has 0 bridgehead atoms. The molecule has 1 atom stereocenters. The Morgan fingerprint density at radius 2 is 1.91 bits per heavy atom. The number of hydrogen-bond donors (Lipinski definition) is 2. The van der Waals surface area contributed by atoms with Crippen molar-refractivity contribution in [3.8, 4) is 0 Å². The highest BCUT2D eigenvalue weighted by Gasteiger charge is 2.24. The van der Waals surface area contributed by atoms with Crippen LogP contribution in [-0.2, 0) is 16.0 Å². The summed E-state index contributed by atoms with van der Waals surface area (Å²) in [6.07, 6.45) is 1.33. The van der Waals surface area contributed by atoms with Crippen molar-refractivity contribution in [2.45, 2.75) is 12.3 Å². The van der Waals surface area contributed by atoms with Crippen LogP contribution in [0.5, 0.6) is 0 Å². The zero-order valence-electron chi connectivity index (χ0n) is 17.4. The van der Waals surface area contributed by atoms with E-state index in [2.05, 4.69) is 10.3 Å². The molecule has 6 nitrogen and oxygen atoms in total. The van der Waals surface area contributed by atoms with Crippen molar-refractivity contribution in [2.75, 3.05) is 5.32 Å². The van der Waals surface area contributed by atoms with E-state index in [1.54, 1.807) is 30.3 Å². The summed E-state index contributed by atoms with van der Waals surface area (Å²) in [5, 5.41) is 15.7. The minimum Gasteiger partial charge on any atom is -0.481 e. The fourth-order valence-electron chi connectivity index (χ4n) is 3.90.